The van der Waals surface area contributed by atoms with E-state index in [0.717, 1.165) is 32.2 Å². The van der Waals surface area contributed by atoms with Gasteiger partial charge in [-0.15, -0.1) is 16.4 Å². The monoisotopic (exact) mass is 328 g/mol. The first-order valence-corrected chi connectivity index (χ1v) is 9.12. The van der Waals surface area contributed by atoms with Crippen molar-refractivity contribution in [2.24, 2.45) is 5.73 Å². The van der Waals surface area contributed by atoms with Gasteiger partial charge >= 0.3 is 0 Å². The zero-order chi connectivity index (χ0) is 16.1. The van der Waals surface area contributed by atoms with E-state index in [4.69, 9.17) is 10.6 Å². The van der Waals surface area contributed by atoms with E-state index in [2.05, 4.69) is 49.4 Å². The van der Waals surface area contributed by atoms with Gasteiger partial charge < -0.3 is 10.6 Å². The molecule has 0 amide bonds. The number of hydrogen-bond acceptors (Lipinski definition) is 4. The van der Waals surface area contributed by atoms with Crippen LogP contribution in [0.25, 0.3) is 0 Å². The molecule has 0 aliphatic carbocycles. The quantitative estimate of drug-likeness (QED) is 0.765. The first-order chi connectivity index (χ1) is 11.3. The Bertz CT molecular complexity index is 650. The van der Waals surface area contributed by atoms with Crippen molar-refractivity contribution in [3.8, 4) is 0 Å². The van der Waals surface area contributed by atoms with Gasteiger partial charge in [0, 0.05) is 22.4 Å². The summed E-state index contributed by atoms with van der Waals surface area (Å²) in [6, 6.07) is 15.2. The lowest BCUT2D eigenvalue weighted by Crippen LogP contribution is -2.24. The van der Waals surface area contributed by atoms with Crippen LogP contribution in [-0.2, 0) is 17.7 Å². The van der Waals surface area contributed by atoms with Crippen molar-refractivity contribution >= 4 is 11.3 Å². The number of thiophene rings is 1. The molecule has 0 fully saturated rings. The molecule has 4 heteroatoms. The molecule has 0 saturated heterocycles. The van der Waals surface area contributed by atoms with Crippen LogP contribution in [0.5, 0.6) is 0 Å². The van der Waals surface area contributed by atoms with Gasteiger partial charge in [-0.2, -0.15) is 0 Å². The molecule has 1 atom stereocenters. The molecule has 3 nitrogen and oxygen atoms in total. The van der Waals surface area contributed by atoms with Gasteiger partial charge in [-0.25, -0.2) is 0 Å². The van der Waals surface area contributed by atoms with E-state index in [0.29, 0.717) is 5.88 Å². The Morgan fingerprint density at radius 3 is 2.70 bits per heavy atom. The minimum absolute atomic E-state index is 0.164. The molecule has 3 rings (SSSR count). The highest BCUT2D eigenvalue weighted by Crippen LogP contribution is 2.34. The second-order valence-electron chi connectivity index (χ2n) is 5.85. The van der Waals surface area contributed by atoms with Crippen molar-refractivity contribution in [2.45, 2.75) is 38.6 Å². The maximum atomic E-state index is 5.89. The lowest BCUT2D eigenvalue weighted by molar-refractivity contribution is -0.119. The summed E-state index contributed by atoms with van der Waals surface area (Å²) in [5.41, 5.74) is 7.29. The number of hydrogen-bond donors (Lipinski definition) is 1. The van der Waals surface area contributed by atoms with Crippen LogP contribution < -0.4 is 5.73 Å². The van der Waals surface area contributed by atoms with Gasteiger partial charge in [0.25, 0.3) is 0 Å². The van der Waals surface area contributed by atoms with Crippen molar-refractivity contribution < 1.29 is 4.84 Å². The topological polar surface area (TPSA) is 38.5 Å². The maximum absolute atomic E-state index is 5.89. The summed E-state index contributed by atoms with van der Waals surface area (Å²) in [6.45, 7) is 3.08. The third-order valence-corrected chi connectivity index (χ3v) is 5.41. The normalized spacial score (nSPS) is 18.0. The third-order valence-electron chi connectivity index (χ3n) is 4.11. The SMILES string of the molecule is CCc1ccc(C2C=C(N)ON2CCCCc2ccccc2)s1. The lowest BCUT2D eigenvalue weighted by atomic mass is 10.1. The Balaban J connectivity index is 1.52. The number of benzene rings is 1. The van der Waals surface area contributed by atoms with Crippen molar-refractivity contribution in [2.75, 3.05) is 6.54 Å². The van der Waals surface area contributed by atoms with Crippen molar-refractivity contribution in [1.82, 2.24) is 5.06 Å². The fourth-order valence-electron chi connectivity index (χ4n) is 2.86. The van der Waals surface area contributed by atoms with Gasteiger partial charge in [-0.3, -0.25) is 0 Å². The Hall–Kier alpha value is -1.78. The van der Waals surface area contributed by atoms with Crippen molar-refractivity contribution in [3.05, 3.63) is 69.7 Å². The minimum atomic E-state index is 0.164. The molecule has 1 aromatic carbocycles. The third kappa shape index (κ3) is 4.15. The summed E-state index contributed by atoms with van der Waals surface area (Å²) >= 11 is 1.85. The highest BCUT2D eigenvalue weighted by molar-refractivity contribution is 7.12. The van der Waals surface area contributed by atoms with Crippen LogP contribution in [0, 0.1) is 0 Å². The first-order valence-electron chi connectivity index (χ1n) is 8.30. The molecule has 0 bridgehead atoms. The van der Waals surface area contributed by atoms with E-state index in [9.17, 15) is 0 Å². The fraction of sp³-hybridized carbons (Fsp3) is 0.368. The Morgan fingerprint density at radius 2 is 1.96 bits per heavy atom. The van der Waals surface area contributed by atoms with E-state index in [1.54, 1.807) is 0 Å². The Kier molecular flexibility index (Phi) is 5.36. The predicted octanol–water partition coefficient (Wildman–Crippen LogP) is 4.42. The molecule has 1 aromatic heterocycles. The van der Waals surface area contributed by atoms with Crippen LogP contribution >= 0.6 is 11.3 Å². The van der Waals surface area contributed by atoms with Gasteiger partial charge in [0.05, 0.1) is 0 Å². The fourth-order valence-corrected chi connectivity index (χ4v) is 3.88. The van der Waals surface area contributed by atoms with E-state index < -0.39 is 0 Å². The van der Waals surface area contributed by atoms with Crippen LogP contribution in [0.4, 0.5) is 0 Å². The highest BCUT2D eigenvalue weighted by Gasteiger charge is 2.28. The van der Waals surface area contributed by atoms with Crippen LogP contribution in [0.3, 0.4) is 0 Å². The molecule has 1 unspecified atom stereocenters. The van der Waals surface area contributed by atoms with Crippen LogP contribution in [0.1, 0.15) is 41.1 Å². The molecule has 1 aliphatic rings. The molecular formula is C19H24N2OS. The van der Waals surface area contributed by atoms with E-state index in [1.165, 1.54) is 15.3 Å². The zero-order valence-electron chi connectivity index (χ0n) is 13.6. The summed E-state index contributed by atoms with van der Waals surface area (Å²) in [5.74, 6) is 0.518. The number of nitrogens with two attached hydrogens (primary N) is 1. The molecule has 2 aromatic rings. The Morgan fingerprint density at radius 1 is 1.13 bits per heavy atom. The minimum Gasteiger partial charge on any atom is -0.388 e. The number of hydroxylamine groups is 2. The number of unbranched alkanes of at least 4 members (excludes halogenated alkanes) is 1. The van der Waals surface area contributed by atoms with E-state index >= 15 is 0 Å². The Labute approximate surface area is 142 Å². The molecule has 0 saturated carbocycles. The largest absolute Gasteiger partial charge is 0.388 e. The highest BCUT2D eigenvalue weighted by atomic mass is 32.1. The van der Waals surface area contributed by atoms with Gasteiger partial charge in [0.1, 0.15) is 6.04 Å². The van der Waals surface area contributed by atoms with E-state index in [-0.39, 0.29) is 6.04 Å². The lowest BCUT2D eigenvalue weighted by Gasteiger charge is -2.21. The molecule has 0 spiro atoms. The van der Waals surface area contributed by atoms with Gasteiger partial charge in [0.2, 0.25) is 5.88 Å². The van der Waals surface area contributed by atoms with Crippen LogP contribution in [0.2, 0.25) is 0 Å². The van der Waals surface area contributed by atoms with Crippen LogP contribution in [0.15, 0.2) is 54.4 Å². The summed E-state index contributed by atoms with van der Waals surface area (Å²) in [4.78, 5) is 8.42. The molecule has 0 radical (unpaired) electrons. The van der Waals surface area contributed by atoms with E-state index in [1.807, 2.05) is 22.5 Å². The second-order valence-corrected chi connectivity index (χ2v) is 7.05. The summed E-state index contributed by atoms with van der Waals surface area (Å²) in [7, 11) is 0. The predicted molar refractivity (Wildman–Crippen MR) is 95.9 cm³/mol. The number of aryl methyl sites for hydroxylation is 2. The molecular weight excluding hydrogens is 304 g/mol. The molecule has 122 valence electrons. The average Bonchev–Trinajstić information content (AvgIpc) is 3.18. The van der Waals surface area contributed by atoms with Gasteiger partial charge in [0.15, 0.2) is 0 Å². The molecule has 1 aliphatic heterocycles. The summed E-state index contributed by atoms with van der Waals surface area (Å²) in [5, 5.41) is 2.02. The summed E-state index contributed by atoms with van der Waals surface area (Å²) < 4.78 is 0. The standard InChI is InChI=1S/C19H24N2OS/c1-2-16-11-12-18(23-16)17-14-19(20)22-21(17)13-7-6-10-15-8-4-3-5-9-15/h3-5,8-9,11-12,14,17H,2,6-7,10,13,20H2,1H3. The number of nitrogens with zero attached hydrogens (tertiary/aromatic N) is 1. The van der Waals surface area contributed by atoms with Crippen molar-refractivity contribution in [3.63, 3.8) is 0 Å². The zero-order valence-corrected chi connectivity index (χ0v) is 14.4. The van der Waals surface area contributed by atoms with Gasteiger partial charge in [-0.05, 0) is 43.4 Å². The number of rotatable bonds is 7. The van der Waals surface area contributed by atoms with Crippen LogP contribution in [-0.4, -0.2) is 11.6 Å². The molecule has 2 N–H and O–H groups in total. The molecule has 2 heterocycles. The maximum Gasteiger partial charge on any atom is 0.207 e. The second kappa shape index (κ2) is 7.66. The average molecular weight is 328 g/mol. The smallest absolute Gasteiger partial charge is 0.207 e. The van der Waals surface area contributed by atoms with Crippen molar-refractivity contribution in [1.29, 1.82) is 0 Å². The first kappa shape index (κ1) is 16.1. The summed E-state index contributed by atoms with van der Waals surface area (Å²) in [6.07, 6.45) is 6.46. The van der Waals surface area contributed by atoms with Gasteiger partial charge in [-0.1, -0.05) is 37.3 Å². The molecule has 23 heavy (non-hydrogen) atoms.